The molecular weight excluding hydrogens is 438 g/mol. The van der Waals surface area contributed by atoms with Gasteiger partial charge in [-0.1, -0.05) is 17.2 Å². The summed E-state index contributed by atoms with van der Waals surface area (Å²) < 4.78 is 23.6. The average Bonchev–Trinajstić information content (AvgIpc) is 3.34. The fraction of sp³-hybridized carbons (Fsp3) is 0.333. The fourth-order valence-electron chi connectivity index (χ4n) is 4.81. The summed E-state index contributed by atoms with van der Waals surface area (Å²) in [4.78, 5) is 13.6. The minimum absolute atomic E-state index is 0.0255. The van der Waals surface area contributed by atoms with Gasteiger partial charge in [0.05, 0.1) is 28.4 Å². The molecule has 0 spiro atoms. The Labute approximate surface area is 196 Å². The number of hydrogen-bond donors (Lipinski definition) is 1. The second-order valence-electron chi connectivity index (χ2n) is 8.09. The van der Waals surface area contributed by atoms with E-state index in [1.165, 1.54) is 0 Å². The van der Waals surface area contributed by atoms with Gasteiger partial charge < -0.3 is 24.3 Å². The molecule has 0 radical (unpaired) electrons. The van der Waals surface area contributed by atoms with E-state index in [1.54, 1.807) is 39.2 Å². The molecule has 5 rings (SSSR count). The molecule has 2 heterocycles. The van der Waals surface area contributed by atoms with Crippen molar-refractivity contribution in [3.63, 3.8) is 0 Å². The predicted molar refractivity (Wildman–Crippen MR) is 123 cm³/mol. The van der Waals surface area contributed by atoms with Gasteiger partial charge in [0, 0.05) is 23.3 Å². The molecule has 10 nitrogen and oxygen atoms in total. The van der Waals surface area contributed by atoms with E-state index in [2.05, 4.69) is 20.8 Å². The Morgan fingerprint density at radius 2 is 1.68 bits per heavy atom. The van der Waals surface area contributed by atoms with E-state index in [1.807, 2.05) is 30.3 Å². The molecule has 1 aliphatic carbocycles. The first-order chi connectivity index (χ1) is 16.6. The van der Waals surface area contributed by atoms with Crippen LogP contribution >= 0.6 is 0 Å². The number of carbonyl (C=O) groups excluding carboxylic acids is 1. The van der Waals surface area contributed by atoms with Gasteiger partial charge in [-0.2, -0.15) is 4.68 Å². The van der Waals surface area contributed by atoms with Crippen LogP contribution in [0.4, 0.5) is 5.95 Å². The lowest BCUT2D eigenvalue weighted by molar-refractivity contribution is -0.116. The minimum Gasteiger partial charge on any atom is -0.497 e. The van der Waals surface area contributed by atoms with Gasteiger partial charge in [0.15, 0.2) is 17.3 Å². The molecule has 1 aromatic heterocycles. The first-order valence-electron chi connectivity index (χ1n) is 10.8. The number of nitrogens with one attached hydrogen (secondary N) is 1. The van der Waals surface area contributed by atoms with Gasteiger partial charge in [-0.25, -0.2) is 0 Å². The second kappa shape index (κ2) is 8.69. The van der Waals surface area contributed by atoms with Crippen LogP contribution < -0.4 is 24.3 Å². The van der Waals surface area contributed by atoms with E-state index >= 15 is 0 Å². The van der Waals surface area contributed by atoms with Crippen LogP contribution in [0.25, 0.3) is 0 Å². The van der Waals surface area contributed by atoms with E-state index in [0.29, 0.717) is 47.2 Å². The van der Waals surface area contributed by atoms with Gasteiger partial charge in [-0.05, 0) is 52.6 Å². The topological polar surface area (TPSA) is 110 Å². The van der Waals surface area contributed by atoms with Gasteiger partial charge in [-0.15, -0.1) is 0 Å². The summed E-state index contributed by atoms with van der Waals surface area (Å²) in [5, 5.41) is 15.4. The number of ether oxygens (including phenoxy) is 4. The number of fused-ring (bicyclic) bond motifs is 1. The maximum atomic E-state index is 13.6. The first-order valence-corrected chi connectivity index (χ1v) is 10.8. The van der Waals surface area contributed by atoms with E-state index in [-0.39, 0.29) is 11.7 Å². The number of carbonyl (C=O) groups is 1. The predicted octanol–water partition coefficient (Wildman–Crippen LogP) is 3.12. The smallest absolute Gasteiger partial charge is 0.248 e. The maximum absolute atomic E-state index is 13.6. The molecule has 0 saturated heterocycles. The number of tetrazole rings is 1. The molecule has 34 heavy (non-hydrogen) atoms. The highest BCUT2D eigenvalue weighted by atomic mass is 16.5. The van der Waals surface area contributed by atoms with Crippen LogP contribution in [0.15, 0.2) is 47.7 Å². The van der Waals surface area contributed by atoms with Crippen molar-refractivity contribution in [2.75, 3.05) is 33.8 Å². The molecule has 2 atom stereocenters. The van der Waals surface area contributed by atoms with Crippen LogP contribution in [0.3, 0.4) is 0 Å². The largest absolute Gasteiger partial charge is 0.497 e. The molecular formula is C24H25N5O5. The Bertz CT molecular complexity index is 1270. The minimum atomic E-state index is -0.569. The Morgan fingerprint density at radius 3 is 2.35 bits per heavy atom. The third kappa shape index (κ3) is 3.42. The molecule has 3 aromatic rings. The van der Waals surface area contributed by atoms with Crippen LogP contribution in [-0.4, -0.2) is 54.4 Å². The quantitative estimate of drug-likeness (QED) is 0.589. The zero-order valence-electron chi connectivity index (χ0n) is 19.4. The Kier molecular flexibility index (Phi) is 5.56. The second-order valence-corrected chi connectivity index (χ2v) is 8.09. The number of methoxy groups -OCH3 is 4. The summed E-state index contributed by atoms with van der Waals surface area (Å²) in [6, 6.07) is 10.9. The number of Topliss-reactive ketones (excluding diaryl/α,β-unsaturated/α-hetero) is 1. The van der Waals surface area contributed by atoms with E-state index in [0.717, 1.165) is 17.0 Å². The third-order valence-electron chi connectivity index (χ3n) is 6.40. The zero-order valence-corrected chi connectivity index (χ0v) is 19.4. The van der Waals surface area contributed by atoms with Crippen molar-refractivity contribution in [3.8, 4) is 23.0 Å². The molecule has 2 aromatic carbocycles. The van der Waals surface area contributed by atoms with Crippen LogP contribution in [0, 0.1) is 0 Å². The molecule has 0 saturated carbocycles. The van der Waals surface area contributed by atoms with Crippen LogP contribution in [0.2, 0.25) is 0 Å². The van der Waals surface area contributed by atoms with Crippen molar-refractivity contribution in [1.29, 1.82) is 0 Å². The number of nitrogens with zero attached hydrogens (tertiary/aromatic N) is 4. The Hall–Kier alpha value is -4.08. The van der Waals surface area contributed by atoms with E-state index < -0.39 is 6.04 Å². The van der Waals surface area contributed by atoms with Gasteiger partial charge in [0.25, 0.3) is 0 Å². The van der Waals surface area contributed by atoms with Gasteiger partial charge in [0.2, 0.25) is 11.7 Å². The zero-order chi connectivity index (χ0) is 23.8. The summed E-state index contributed by atoms with van der Waals surface area (Å²) in [6.45, 7) is 0. The van der Waals surface area contributed by atoms with Crippen LogP contribution in [0.5, 0.6) is 23.0 Å². The number of allylic oxidation sites excluding steroid dienone is 2. The third-order valence-corrected chi connectivity index (χ3v) is 6.40. The molecule has 10 heteroatoms. The molecule has 0 bridgehead atoms. The molecule has 0 amide bonds. The number of hydrogen-bond acceptors (Lipinski definition) is 9. The summed E-state index contributed by atoms with van der Waals surface area (Å²) in [7, 11) is 6.30. The number of aromatic nitrogens is 4. The van der Waals surface area contributed by atoms with Crippen molar-refractivity contribution >= 4 is 11.7 Å². The van der Waals surface area contributed by atoms with E-state index in [9.17, 15) is 4.79 Å². The lowest BCUT2D eigenvalue weighted by atomic mass is 9.77. The Balaban J connectivity index is 1.62. The lowest BCUT2D eigenvalue weighted by Crippen LogP contribution is -2.33. The van der Waals surface area contributed by atoms with Crippen LogP contribution in [0.1, 0.15) is 35.9 Å². The standard InChI is InChI=1S/C24H25N5O5/c1-31-15-7-5-13(6-8-15)14-11-17-20(18(30)12-14)21(29-24(25-17)26-27-28-29)16-9-10-19(32-2)23(34-4)22(16)33-3/h5-10,14,21H,11-12H2,1-4H3,(H,25,26,28)/t14-,21+/m0/s1. The maximum Gasteiger partial charge on any atom is 0.248 e. The van der Waals surface area contributed by atoms with Gasteiger partial charge >= 0.3 is 0 Å². The van der Waals surface area contributed by atoms with Gasteiger partial charge in [0.1, 0.15) is 11.8 Å². The molecule has 176 valence electrons. The highest BCUT2D eigenvalue weighted by molar-refractivity contribution is 6.00. The SMILES string of the molecule is COc1ccc([C@@H]2CC(=O)C3=C(C2)Nc2nnnn2[C@@H]3c2ccc(OC)c(OC)c2OC)cc1. The highest BCUT2D eigenvalue weighted by Crippen LogP contribution is 2.49. The normalized spacial score (nSPS) is 19.1. The number of rotatable bonds is 6. The molecule has 1 aliphatic heterocycles. The van der Waals surface area contributed by atoms with Crippen molar-refractivity contribution in [1.82, 2.24) is 20.2 Å². The first kappa shape index (κ1) is 21.7. The Morgan fingerprint density at radius 1 is 0.912 bits per heavy atom. The van der Waals surface area contributed by atoms with Crippen molar-refractivity contribution < 1.29 is 23.7 Å². The molecule has 0 unspecified atom stereocenters. The van der Waals surface area contributed by atoms with Crippen molar-refractivity contribution in [2.45, 2.75) is 24.8 Å². The number of anilines is 1. The number of ketones is 1. The monoisotopic (exact) mass is 463 g/mol. The summed E-state index contributed by atoms with van der Waals surface area (Å²) in [6.07, 6.45) is 1.02. The summed E-state index contributed by atoms with van der Waals surface area (Å²) in [5.74, 6) is 2.73. The molecule has 2 aliphatic rings. The summed E-state index contributed by atoms with van der Waals surface area (Å²) >= 11 is 0. The summed E-state index contributed by atoms with van der Waals surface area (Å²) in [5.41, 5.74) is 3.21. The average molecular weight is 463 g/mol. The molecule has 0 fully saturated rings. The van der Waals surface area contributed by atoms with E-state index in [4.69, 9.17) is 18.9 Å². The van der Waals surface area contributed by atoms with Crippen molar-refractivity contribution in [2.24, 2.45) is 0 Å². The lowest BCUT2D eigenvalue weighted by Gasteiger charge is -2.35. The fourth-order valence-corrected chi connectivity index (χ4v) is 4.81. The molecule has 1 N–H and O–H groups in total. The van der Waals surface area contributed by atoms with Gasteiger partial charge in [-0.3, -0.25) is 4.79 Å². The van der Waals surface area contributed by atoms with Crippen LogP contribution in [-0.2, 0) is 4.79 Å². The van der Waals surface area contributed by atoms with Crippen molar-refractivity contribution in [3.05, 3.63) is 58.8 Å². The highest BCUT2D eigenvalue weighted by Gasteiger charge is 2.41. The number of benzene rings is 2.